The molecule has 0 saturated heterocycles. The molecule has 0 aliphatic carbocycles. The lowest BCUT2D eigenvalue weighted by atomic mass is 10.2. The molecule has 2 nitrogen and oxygen atoms in total. The maximum atomic E-state index is 4.20. The Labute approximate surface area is 60.5 Å². The second-order valence-corrected chi connectivity index (χ2v) is 2.38. The van der Waals surface area contributed by atoms with Gasteiger partial charge in [0.2, 0.25) is 0 Å². The van der Waals surface area contributed by atoms with Crippen LogP contribution in [0.2, 0.25) is 0 Å². The molecule has 0 amide bonds. The second-order valence-electron chi connectivity index (χ2n) is 2.38. The molecular formula is C8H8N2. The molecule has 0 N–H and O–H groups in total. The number of hydrogen-bond acceptors (Lipinski definition) is 2. The molecule has 2 heterocycles. The Morgan fingerprint density at radius 3 is 3.40 bits per heavy atom. The van der Waals surface area contributed by atoms with E-state index in [1.807, 2.05) is 24.2 Å². The standard InChI is InChI=1S/C8H8N2/c1-10-6-4-7-3-2-5-9-8(7)10/h2-3,5H,4H2,1H3. The van der Waals surface area contributed by atoms with E-state index in [4.69, 9.17) is 0 Å². The molecule has 1 aromatic heterocycles. The van der Waals surface area contributed by atoms with Gasteiger partial charge in [0.05, 0.1) is 6.54 Å². The second kappa shape index (κ2) is 1.97. The minimum atomic E-state index is 0.902. The van der Waals surface area contributed by atoms with Crippen LogP contribution in [0.5, 0.6) is 0 Å². The van der Waals surface area contributed by atoms with Gasteiger partial charge in [-0.1, -0.05) is 6.07 Å². The molecule has 1 aliphatic rings. The Balaban J connectivity index is 2.51. The van der Waals surface area contributed by atoms with Gasteiger partial charge >= 0.3 is 0 Å². The monoisotopic (exact) mass is 132 g/mol. The Hall–Kier alpha value is -1.05. The van der Waals surface area contributed by atoms with Crippen LogP contribution in [-0.2, 0) is 6.42 Å². The van der Waals surface area contributed by atoms with E-state index in [0.29, 0.717) is 0 Å². The minimum Gasteiger partial charge on any atom is -0.348 e. The molecule has 0 spiro atoms. The first-order valence-electron chi connectivity index (χ1n) is 3.29. The van der Waals surface area contributed by atoms with Gasteiger partial charge in [-0.15, -0.1) is 0 Å². The normalized spacial score (nSPS) is 15.5. The van der Waals surface area contributed by atoms with Gasteiger partial charge in [-0.2, -0.15) is 0 Å². The van der Waals surface area contributed by atoms with Gasteiger partial charge in [0, 0.05) is 19.7 Å². The predicted octanol–water partition coefficient (Wildman–Crippen LogP) is 1.11. The van der Waals surface area contributed by atoms with Gasteiger partial charge in [-0.25, -0.2) is 4.98 Å². The summed E-state index contributed by atoms with van der Waals surface area (Å²) in [5.41, 5.74) is 1.27. The highest BCUT2D eigenvalue weighted by atomic mass is 15.2. The van der Waals surface area contributed by atoms with Crippen molar-refractivity contribution in [2.24, 2.45) is 0 Å². The number of nitrogens with zero attached hydrogens (tertiary/aromatic N) is 2. The average Bonchev–Trinajstić information content (AvgIpc) is 2.34. The molecule has 1 aliphatic heterocycles. The summed E-state index contributed by atoms with van der Waals surface area (Å²) >= 11 is 0. The number of anilines is 1. The van der Waals surface area contributed by atoms with Crippen LogP contribution in [0, 0.1) is 6.54 Å². The van der Waals surface area contributed by atoms with Crippen molar-refractivity contribution in [1.82, 2.24) is 4.98 Å². The highest BCUT2D eigenvalue weighted by molar-refractivity contribution is 5.53. The fourth-order valence-corrected chi connectivity index (χ4v) is 1.15. The highest BCUT2D eigenvalue weighted by Gasteiger charge is 2.16. The molecule has 0 unspecified atom stereocenters. The van der Waals surface area contributed by atoms with Crippen molar-refractivity contribution >= 4 is 5.82 Å². The third-order valence-corrected chi connectivity index (χ3v) is 1.69. The van der Waals surface area contributed by atoms with Crippen molar-refractivity contribution in [3.8, 4) is 0 Å². The zero-order valence-electron chi connectivity index (χ0n) is 5.83. The van der Waals surface area contributed by atoms with E-state index >= 15 is 0 Å². The van der Waals surface area contributed by atoms with Crippen LogP contribution in [0.25, 0.3) is 0 Å². The van der Waals surface area contributed by atoms with E-state index in [1.54, 1.807) is 0 Å². The number of fused-ring (bicyclic) bond motifs is 1. The van der Waals surface area contributed by atoms with E-state index in [1.165, 1.54) is 5.56 Å². The molecule has 0 saturated carbocycles. The summed E-state index contributed by atoms with van der Waals surface area (Å²) in [5, 5.41) is 0. The Bertz CT molecular complexity index is 245. The van der Waals surface area contributed by atoms with Gasteiger partial charge in [-0.3, -0.25) is 0 Å². The van der Waals surface area contributed by atoms with E-state index in [9.17, 15) is 0 Å². The van der Waals surface area contributed by atoms with Crippen LogP contribution >= 0.6 is 0 Å². The zero-order chi connectivity index (χ0) is 6.97. The summed E-state index contributed by atoms with van der Waals surface area (Å²) in [4.78, 5) is 6.14. The molecule has 50 valence electrons. The fourth-order valence-electron chi connectivity index (χ4n) is 1.15. The molecular weight excluding hydrogens is 124 g/mol. The first kappa shape index (κ1) is 5.71. The van der Waals surface area contributed by atoms with Crippen LogP contribution in [0.1, 0.15) is 5.56 Å². The fraction of sp³-hybridized carbons (Fsp3) is 0.250. The lowest BCUT2D eigenvalue weighted by Crippen LogP contribution is -2.08. The van der Waals surface area contributed by atoms with Crippen molar-refractivity contribution in [1.29, 1.82) is 0 Å². The van der Waals surface area contributed by atoms with E-state index < -0.39 is 0 Å². The number of aromatic nitrogens is 1. The first-order chi connectivity index (χ1) is 4.88. The van der Waals surface area contributed by atoms with Crippen LogP contribution in [0.4, 0.5) is 5.82 Å². The number of likely N-dealkylation sites (N-methyl/N-ethyl adjacent to an activating group) is 1. The minimum absolute atomic E-state index is 0.902. The van der Waals surface area contributed by atoms with Gasteiger partial charge in [0.15, 0.2) is 0 Å². The van der Waals surface area contributed by atoms with Crippen molar-refractivity contribution in [2.45, 2.75) is 6.42 Å². The van der Waals surface area contributed by atoms with Crippen molar-refractivity contribution in [2.75, 3.05) is 11.9 Å². The van der Waals surface area contributed by atoms with Crippen molar-refractivity contribution in [3.05, 3.63) is 30.4 Å². The van der Waals surface area contributed by atoms with E-state index in [2.05, 4.69) is 17.6 Å². The van der Waals surface area contributed by atoms with Gasteiger partial charge in [-0.05, 0) is 11.6 Å². The van der Waals surface area contributed by atoms with E-state index in [-0.39, 0.29) is 0 Å². The van der Waals surface area contributed by atoms with Gasteiger partial charge < -0.3 is 4.90 Å². The predicted molar refractivity (Wildman–Crippen MR) is 39.6 cm³/mol. The average molecular weight is 132 g/mol. The molecule has 2 heteroatoms. The molecule has 0 bridgehead atoms. The topological polar surface area (TPSA) is 16.1 Å². The third kappa shape index (κ3) is 0.685. The van der Waals surface area contributed by atoms with Crippen LogP contribution < -0.4 is 4.90 Å². The third-order valence-electron chi connectivity index (χ3n) is 1.69. The molecule has 1 aromatic rings. The maximum Gasteiger partial charge on any atom is 0.132 e. The van der Waals surface area contributed by atoms with Crippen LogP contribution in [0.15, 0.2) is 18.3 Å². The Kier molecular flexibility index (Phi) is 1.13. The van der Waals surface area contributed by atoms with Crippen LogP contribution in [-0.4, -0.2) is 12.0 Å². The Morgan fingerprint density at radius 1 is 1.70 bits per heavy atom. The summed E-state index contributed by atoms with van der Waals surface area (Å²) in [5.74, 6) is 1.04. The highest BCUT2D eigenvalue weighted by Crippen LogP contribution is 2.24. The number of hydrogen-bond donors (Lipinski definition) is 0. The van der Waals surface area contributed by atoms with E-state index in [0.717, 1.165) is 12.2 Å². The largest absolute Gasteiger partial charge is 0.348 e. The zero-order valence-corrected chi connectivity index (χ0v) is 5.83. The molecule has 0 fully saturated rings. The molecule has 0 aromatic carbocycles. The molecule has 10 heavy (non-hydrogen) atoms. The Morgan fingerprint density at radius 2 is 2.60 bits per heavy atom. The number of rotatable bonds is 0. The summed E-state index contributed by atoms with van der Waals surface area (Å²) in [6.45, 7) is 3.16. The summed E-state index contributed by atoms with van der Waals surface area (Å²) < 4.78 is 0. The molecule has 2 rings (SSSR count). The lowest BCUT2D eigenvalue weighted by molar-refractivity contribution is 1.07. The van der Waals surface area contributed by atoms with Gasteiger partial charge in [0.1, 0.15) is 5.82 Å². The summed E-state index contributed by atoms with van der Waals surface area (Å²) in [6, 6.07) is 4.04. The smallest absolute Gasteiger partial charge is 0.132 e. The lowest BCUT2D eigenvalue weighted by Gasteiger charge is -2.07. The van der Waals surface area contributed by atoms with Gasteiger partial charge in [0.25, 0.3) is 0 Å². The maximum absolute atomic E-state index is 4.20. The summed E-state index contributed by atoms with van der Waals surface area (Å²) in [7, 11) is 1.97. The molecule has 0 atom stereocenters. The quantitative estimate of drug-likeness (QED) is 0.525. The number of pyridine rings is 1. The molecule has 2 radical (unpaired) electrons. The summed E-state index contributed by atoms with van der Waals surface area (Å²) in [6.07, 6.45) is 2.71. The van der Waals surface area contributed by atoms with Crippen molar-refractivity contribution < 1.29 is 0 Å². The van der Waals surface area contributed by atoms with Crippen LogP contribution in [0.3, 0.4) is 0 Å². The van der Waals surface area contributed by atoms with Crippen molar-refractivity contribution in [3.63, 3.8) is 0 Å². The first-order valence-corrected chi connectivity index (χ1v) is 3.29. The SMILES string of the molecule is CN1[C]Cc2cccnc21.